The van der Waals surface area contributed by atoms with Crippen molar-refractivity contribution in [3.8, 4) is 5.75 Å². The predicted molar refractivity (Wildman–Crippen MR) is 59.4 cm³/mol. The van der Waals surface area contributed by atoms with E-state index in [1.807, 2.05) is 12.1 Å². The van der Waals surface area contributed by atoms with Crippen molar-refractivity contribution in [3.05, 3.63) is 35.9 Å². The molecule has 14 heavy (non-hydrogen) atoms. The topological polar surface area (TPSA) is 9.23 Å². The third-order valence-electron chi connectivity index (χ3n) is 2.82. The van der Waals surface area contributed by atoms with Gasteiger partial charge < -0.3 is 4.74 Å². The SMILES string of the molecule is COc1ccc(C2=CC(C)CC2)cc1. The van der Waals surface area contributed by atoms with Crippen molar-refractivity contribution < 1.29 is 4.74 Å². The van der Waals surface area contributed by atoms with Gasteiger partial charge in [-0.2, -0.15) is 0 Å². The molecule has 1 aliphatic carbocycles. The van der Waals surface area contributed by atoms with Gasteiger partial charge in [0.15, 0.2) is 0 Å². The van der Waals surface area contributed by atoms with Crippen LogP contribution in [-0.4, -0.2) is 7.11 Å². The standard InChI is InChI=1S/C13H16O/c1-10-3-4-12(9-10)11-5-7-13(14-2)8-6-11/h5-10H,3-4H2,1-2H3. The van der Waals surface area contributed by atoms with Gasteiger partial charge in [-0.3, -0.25) is 0 Å². The lowest BCUT2D eigenvalue weighted by molar-refractivity contribution is 0.415. The average Bonchev–Trinajstić information content (AvgIpc) is 2.65. The first kappa shape index (κ1) is 9.32. The van der Waals surface area contributed by atoms with Crippen molar-refractivity contribution in [1.82, 2.24) is 0 Å². The number of benzene rings is 1. The summed E-state index contributed by atoms with van der Waals surface area (Å²) in [6.45, 7) is 2.27. The summed E-state index contributed by atoms with van der Waals surface area (Å²) in [6.07, 6.45) is 4.89. The van der Waals surface area contributed by atoms with Gasteiger partial charge in [-0.25, -0.2) is 0 Å². The minimum atomic E-state index is 0.743. The molecule has 0 aromatic heterocycles. The van der Waals surface area contributed by atoms with Crippen LogP contribution in [0.4, 0.5) is 0 Å². The van der Waals surface area contributed by atoms with Crippen LogP contribution in [0.2, 0.25) is 0 Å². The Kier molecular flexibility index (Phi) is 2.58. The molecular formula is C13H16O. The molecule has 1 heteroatoms. The summed E-state index contributed by atoms with van der Waals surface area (Å²) in [4.78, 5) is 0. The molecule has 2 rings (SSSR count). The highest BCUT2D eigenvalue weighted by Crippen LogP contribution is 2.31. The van der Waals surface area contributed by atoms with Crippen molar-refractivity contribution in [2.45, 2.75) is 19.8 Å². The smallest absolute Gasteiger partial charge is 0.118 e. The van der Waals surface area contributed by atoms with Gasteiger partial charge in [-0.1, -0.05) is 25.1 Å². The zero-order chi connectivity index (χ0) is 9.97. The van der Waals surface area contributed by atoms with E-state index in [4.69, 9.17) is 4.74 Å². The number of hydrogen-bond donors (Lipinski definition) is 0. The number of allylic oxidation sites excluding steroid dienone is 2. The molecule has 0 saturated carbocycles. The molecule has 0 bridgehead atoms. The van der Waals surface area contributed by atoms with Crippen LogP contribution < -0.4 is 4.74 Å². The van der Waals surface area contributed by atoms with E-state index in [2.05, 4.69) is 25.1 Å². The quantitative estimate of drug-likeness (QED) is 0.690. The summed E-state index contributed by atoms with van der Waals surface area (Å²) in [5.74, 6) is 1.67. The van der Waals surface area contributed by atoms with Gasteiger partial charge in [-0.05, 0) is 42.0 Å². The Hall–Kier alpha value is -1.24. The summed E-state index contributed by atoms with van der Waals surface area (Å²) < 4.78 is 5.13. The minimum Gasteiger partial charge on any atom is -0.497 e. The van der Waals surface area contributed by atoms with E-state index in [-0.39, 0.29) is 0 Å². The number of rotatable bonds is 2. The fraction of sp³-hybridized carbons (Fsp3) is 0.385. The summed E-state index contributed by atoms with van der Waals surface area (Å²) in [6, 6.07) is 8.34. The van der Waals surface area contributed by atoms with Crippen LogP contribution in [0.5, 0.6) is 5.75 Å². The zero-order valence-electron chi connectivity index (χ0n) is 8.79. The molecule has 1 unspecified atom stereocenters. The van der Waals surface area contributed by atoms with E-state index in [0.29, 0.717) is 0 Å². The highest BCUT2D eigenvalue weighted by Gasteiger charge is 2.12. The Morgan fingerprint density at radius 1 is 1.21 bits per heavy atom. The molecule has 0 radical (unpaired) electrons. The summed E-state index contributed by atoms with van der Waals surface area (Å²) in [7, 11) is 1.70. The van der Waals surface area contributed by atoms with E-state index < -0.39 is 0 Å². The first-order valence-corrected chi connectivity index (χ1v) is 5.14. The van der Waals surface area contributed by atoms with Gasteiger partial charge in [0.25, 0.3) is 0 Å². The fourth-order valence-corrected chi connectivity index (χ4v) is 1.94. The molecule has 0 spiro atoms. The first-order valence-electron chi connectivity index (χ1n) is 5.14. The van der Waals surface area contributed by atoms with Crippen molar-refractivity contribution in [3.63, 3.8) is 0 Å². The second-order valence-electron chi connectivity index (χ2n) is 3.94. The number of ether oxygens (including phenoxy) is 1. The maximum atomic E-state index is 5.13. The largest absolute Gasteiger partial charge is 0.497 e. The van der Waals surface area contributed by atoms with Gasteiger partial charge in [0.1, 0.15) is 5.75 Å². The van der Waals surface area contributed by atoms with Crippen LogP contribution in [0, 0.1) is 5.92 Å². The Balaban J connectivity index is 2.21. The number of hydrogen-bond acceptors (Lipinski definition) is 1. The maximum absolute atomic E-state index is 5.13. The molecule has 1 aromatic rings. The lowest BCUT2D eigenvalue weighted by Gasteiger charge is -2.03. The second kappa shape index (κ2) is 3.87. The van der Waals surface area contributed by atoms with Crippen LogP contribution in [0.15, 0.2) is 30.3 Å². The average molecular weight is 188 g/mol. The molecule has 0 saturated heterocycles. The molecule has 0 aliphatic heterocycles. The van der Waals surface area contributed by atoms with Crippen LogP contribution in [0.1, 0.15) is 25.3 Å². The summed E-state index contributed by atoms with van der Waals surface area (Å²) >= 11 is 0. The van der Waals surface area contributed by atoms with Crippen LogP contribution >= 0.6 is 0 Å². The highest BCUT2D eigenvalue weighted by molar-refractivity contribution is 5.67. The van der Waals surface area contributed by atoms with E-state index in [9.17, 15) is 0 Å². The second-order valence-corrected chi connectivity index (χ2v) is 3.94. The normalized spacial score (nSPS) is 20.7. The zero-order valence-corrected chi connectivity index (χ0v) is 8.79. The predicted octanol–water partition coefficient (Wildman–Crippen LogP) is 3.51. The van der Waals surface area contributed by atoms with Gasteiger partial charge in [0.05, 0.1) is 7.11 Å². The molecule has 0 amide bonds. The number of methoxy groups -OCH3 is 1. The summed E-state index contributed by atoms with van der Waals surface area (Å²) in [5.41, 5.74) is 2.83. The molecular weight excluding hydrogens is 172 g/mol. The Labute approximate surface area is 85.4 Å². The van der Waals surface area contributed by atoms with Gasteiger partial charge in [0.2, 0.25) is 0 Å². The molecule has 0 heterocycles. The molecule has 1 aliphatic rings. The lowest BCUT2D eigenvalue weighted by atomic mass is 10.1. The monoisotopic (exact) mass is 188 g/mol. The van der Waals surface area contributed by atoms with Gasteiger partial charge in [0, 0.05) is 0 Å². The lowest BCUT2D eigenvalue weighted by Crippen LogP contribution is -1.84. The molecule has 74 valence electrons. The highest BCUT2D eigenvalue weighted by atomic mass is 16.5. The fourth-order valence-electron chi connectivity index (χ4n) is 1.94. The van der Waals surface area contributed by atoms with Crippen LogP contribution in [0.25, 0.3) is 5.57 Å². The van der Waals surface area contributed by atoms with E-state index >= 15 is 0 Å². The third-order valence-corrected chi connectivity index (χ3v) is 2.82. The van der Waals surface area contributed by atoms with E-state index in [0.717, 1.165) is 11.7 Å². The maximum Gasteiger partial charge on any atom is 0.118 e. The molecule has 1 atom stereocenters. The molecule has 1 aromatic carbocycles. The van der Waals surface area contributed by atoms with Crippen LogP contribution in [-0.2, 0) is 0 Å². The Bertz CT molecular complexity index is 335. The van der Waals surface area contributed by atoms with Crippen molar-refractivity contribution in [1.29, 1.82) is 0 Å². The molecule has 0 N–H and O–H groups in total. The van der Waals surface area contributed by atoms with Gasteiger partial charge >= 0.3 is 0 Å². The Morgan fingerprint density at radius 2 is 1.93 bits per heavy atom. The molecule has 1 nitrogen and oxygen atoms in total. The minimum absolute atomic E-state index is 0.743. The van der Waals surface area contributed by atoms with Crippen molar-refractivity contribution in [2.75, 3.05) is 7.11 Å². The summed E-state index contributed by atoms with van der Waals surface area (Å²) in [5, 5.41) is 0. The molecule has 0 fully saturated rings. The van der Waals surface area contributed by atoms with Crippen molar-refractivity contribution >= 4 is 5.57 Å². The first-order chi connectivity index (χ1) is 6.79. The van der Waals surface area contributed by atoms with E-state index in [1.165, 1.54) is 24.0 Å². The van der Waals surface area contributed by atoms with E-state index in [1.54, 1.807) is 7.11 Å². The van der Waals surface area contributed by atoms with Crippen LogP contribution in [0.3, 0.4) is 0 Å². The Morgan fingerprint density at radius 3 is 2.43 bits per heavy atom. The van der Waals surface area contributed by atoms with Gasteiger partial charge in [-0.15, -0.1) is 0 Å². The van der Waals surface area contributed by atoms with Crippen molar-refractivity contribution in [2.24, 2.45) is 5.92 Å². The third kappa shape index (κ3) is 1.82.